The van der Waals surface area contributed by atoms with E-state index in [4.69, 9.17) is 0 Å². The molecule has 3 rings (SSSR count). The van der Waals surface area contributed by atoms with Gasteiger partial charge < -0.3 is 5.32 Å². The van der Waals surface area contributed by atoms with Crippen molar-refractivity contribution in [3.05, 3.63) is 34.1 Å². The van der Waals surface area contributed by atoms with Crippen LogP contribution in [0.15, 0.2) is 22.7 Å². The van der Waals surface area contributed by atoms with Crippen LogP contribution in [0.4, 0.5) is 4.39 Å². The Bertz CT molecular complexity index is 442. The molecule has 104 valence electrons. The van der Waals surface area contributed by atoms with E-state index in [0.717, 1.165) is 34.2 Å². The molecular weight excluding hydrogens is 305 g/mol. The summed E-state index contributed by atoms with van der Waals surface area (Å²) in [5.41, 5.74) is 1.09. The molecule has 1 nitrogen and oxygen atoms in total. The number of hydrogen-bond donors (Lipinski definition) is 1. The van der Waals surface area contributed by atoms with Crippen LogP contribution in [-0.2, 0) is 6.42 Å². The van der Waals surface area contributed by atoms with Crippen molar-refractivity contribution in [2.45, 2.75) is 38.1 Å². The summed E-state index contributed by atoms with van der Waals surface area (Å²) < 4.78 is 14.3. The summed E-state index contributed by atoms with van der Waals surface area (Å²) >= 11 is 3.38. The summed E-state index contributed by atoms with van der Waals surface area (Å²) in [5.74, 6) is 2.50. The molecule has 0 aromatic heterocycles. The van der Waals surface area contributed by atoms with E-state index in [1.807, 2.05) is 13.1 Å². The number of benzene rings is 1. The monoisotopic (exact) mass is 325 g/mol. The lowest BCUT2D eigenvalue weighted by Crippen LogP contribution is -2.38. The van der Waals surface area contributed by atoms with Crippen molar-refractivity contribution in [3.63, 3.8) is 0 Å². The summed E-state index contributed by atoms with van der Waals surface area (Å²) in [6.07, 6.45) is 6.56. The number of hydrogen-bond acceptors (Lipinski definition) is 1. The van der Waals surface area contributed by atoms with E-state index in [9.17, 15) is 4.39 Å². The predicted molar refractivity (Wildman–Crippen MR) is 79.6 cm³/mol. The fraction of sp³-hybridized carbons (Fsp3) is 0.625. The third kappa shape index (κ3) is 2.87. The fourth-order valence-corrected chi connectivity index (χ4v) is 4.75. The molecule has 0 aliphatic heterocycles. The van der Waals surface area contributed by atoms with Gasteiger partial charge in [-0.1, -0.05) is 22.4 Å². The number of halogens is 2. The lowest BCUT2D eigenvalue weighted by atomic mass is 9.81. The molecule has 2 fully saturated rings. The molecule has 19 heavy (non-hydrogen) atoms. The number of fused-ring (bicyclic) bond motifs is 2. The smallest absolute Gasteiger partial charge is 0.124 e. The first-order valence-electron chi connectivity index (χ1n) is 7.28. The van der Waals surface area contributed by atoms with Gasteiger partial charge in [0.2, 0.25) is 0 Å². The van der Waals surface area contributed by atoms with Crippen molar-refractivity contribution in [3.8, 4) is 0 Å². The minimum absolute atomic E-state index is 0.146. The van der Waals surface area contributed by atoms with Gasteiger partial charge in [0.05, 0.1) is 0 Å². The van der Waals surface area contributed by atoms with Gasteiger partial charge in [-0.2, -0.15) is 0 Å². The summed E-state index contributed by atoms with van der Waals surface area (Å²) in [6.45, 7) is 0. The number of nitrogens with one attached hydrogen (secondary N) is 1. The third-order valence-electron chi connectivity index (χ3n) is 5.06. The van der Waals surface area contributed by atoms with Crippen LogP contribution < -0.4 is 5.32 Å². The fourth-order valence-electron chi connectivity index (χ4n) is 4.24. The van der Waals surface area contributed by atoms with Gasteiger partial charge in [-0.3, -0.25) is 0 Å². The van der Waals surface area contributed by atoms with E-state index in [1.165, 1.54) is 31.7 Å². The Kier molecular flexibility index (Phi) is 3.95. The molecule has 2 aliphatic carbocycles. The topological polar surface area (TPSA) is 12.0 Å². The highest BCUT2D eigenvalue weighted by atomic mass is 79.9. The second kappa shape index (κ2) is 5.53. The molecule has 0 spiro atoms. The molecule has 2 aliphatic rings. The molecule has 1 aromatic carbocycles. The van der Waals surface area contributed by atoms with Crippen molar-refractivity contribution in [1.29, 1.82) is 0 Å². The zero-order chi connectivity index (χ0) is 13.4. The minimum atomic E-state index is -0.146. The standard InChI is InChI=1S/C16H21BrFN/c1-19-16(15-7-10-2-3-12(15)4-10)8-11-5-13(17)9-14(18)6-11/h5-6,9-10,12,15-16,19H,2-4,7-8H2,1H3. The van der Waals surface area contributed by atoms with Crippen LogP contribution in [0.3, 0.4) is 0 Å². The first kappa shape index (κ1) is 13.6. The predicted octanol–water partition coefficient (Wildman–Crippen LogP) is 4.15. The molecule has 2 bridgehead atoms. The number of rotatable bonds is 4. The Morgan fingerprint density at radius 3 is 2.74 bits per heavy atom. The SMILES string of the molecule is CNC(Cc1cc(F)cc(Br)c1)C1CC2CCC1C2. The molecule has 4 atom stereocenters. The van der Waals surface area contributed by atoms with Gasteiger partial charge >= 0.3 is 0 Å². The van der Waals surface area contributed by atoms with Crippen molar-refractivity contribution < 1.29 is 4.39 Å². The lowest BCUT2D eigenvalue weighted by molar-refractivity contribution is 0.255. The van der Waals surface area contributed by atoms with Gasteiger partial charge in [0.1, 0.15) is 5.82 Å². The van der Waals surface area contributed by atoms with Crippen LogP contribution in [0.25, 0.3) is 0 Å². The molecule has 0 radical (unpaired) electrons. The van der Waals surface area contributed by atoms with E-state index >= 15 is 0 Å². The Morgan fingerprint density at radius 1 is 1.32 bits per heavy atom. The molecule has 1 aromatic rings. The van der Waals surface area contributed by atoms with Crippen molar-refractivity contribution in [2.24, 2.45) is 17.8 Å². The molecule has 1 N–H and O–H groups in total. The second-order valence-electron chi connectivity index (χ2n) is 6.22. The van der Waals surface area contributed by atoms with Gasteiger partial charge in [0.25, 0.3) is 0 Å². The van der Waals surface area contributed by atoms with Crippen LogP contribution in [0.2, 0.25) is 0 Å². The Labute approximate surface area is 123 Å². The molecular formula is C16H21BrFN. The Morgan fingerprint density at radius 2 is 2.16 bits per heavy atom. The van der Waals surface area contributed by atoms with Gasteiger partial charge in [0.15, 0.2) is 0 Å². The maximum Gasteiger partial charge on any atom is 0.124 e. The largest absolute Gasteiger partial charge is 0.316 e. The van der Waals surface area contributed by atoms with E-state index in [-0.39, 0.29) is 5.82 Å². The Hall–Kier alpha value is -0.410. The molecule has 2 saturated carbocycles. The zero-order valence-corrected chi connectivity index (χ0v) is 12.9. The highest BCUT2D eigenvalue weighted by Gasteiger charge is 2.42. The van der Waals surface area contributed by atoms with Crippen molar-refractivity contribution >= 4 is 15.9 Å². The summed E-state index contributed by atoms with van der Waals surface area (Å²) in [7, 11) is 2.05. The number of likely N-dealkylation sites (N-methyl/N-ethyl adjacent to an activating group) is 1. The average Bonchev–Trinajstić information content (AvgIpc) is 2.96. The van der Waals surface area contributed by atoms with Gasteiger partial charge in [0, 0.05) is 10.5 Å². The van der Waals surface area contributed by atoms with Gasteiger partial charge in [-0.05, 0) is 74.2 Å². The van der Waals surface area contributed by atoms with E-state index < -0.39 is 0 Å². The highest BCUT2D eigenvalue weighted by Crippen LogP contribution is 2.49. The van der Waals surface area contributed by atoms with Crippen LogP contribution in [-0.4, -0.2) is 13.1 Å². The third-order valence-corrected chi connectivity index (χ3v) is 5.52. The quantitative estimate of drug-likeness (QED) is 0.876. The van der Waals surface area contributed by atoms with Crippen molar-refractivity contribution in [1.82, 2.24) is 5.32 Å². The summed E-state index contributed by atoms with van der Waals surface area (Å²) in [5, 5.41) is 3.48. The summed E-state index contributed by atoms with van der Waals surface area (Å²) in [6, 6.07) is 5.72. The molecule has 3 heteroatoms. The molecule has 0 amide bonds. The second-order valence-corrected chi connectivity index (χ2v) is 7.13. The van der Waals surface area contributed by atoms with E-state index in [1.54, 1.807) is 6.07 Å². The molecule has 0 heterocycles. The highest BCUT2D eigenvalue weighted by molar-refractivity contribution is 9.10. The Balaban J connectivity index is 1.72. The first-order valence-corrected chi connectivity index (χ1v) is 8.07. The normalized spacial score (nSPS) is 30.8. The summed E-state index contributed by atoms with van der Waals surface area (Å²) in [4.78, 5) is 0. The van der Waals surface area contributed by atoms with E-state index in [0.29, 0.717) is 6.04 Å². The first-order chi connectivity index (χ1) is 9.15. The average molecular weight is 326 g/mol. The lowest BCUT2D eigenvalue weighted by Gasteiger charge is -2.30. The van der Waals surface area contributed by atoms with Gasteiger partial charge in [-0.25, -0.2) is 4.39 Å². The molecule has 0 saturated heterocycles. The van der Waals surface area contributed by atoms with Gasteiger partial charge in [-0.15, -0.1) is 0 Å². The van der Waals surface area contributed by atoms with Crippen LogP contribution in [0.5, 0.6) is 0 Å². The maximum absolute atomic E-state index is 13.5. The van der Waals surface area contributed by atoms with Crippen LogP contribution in [0.1, 0.15) is 31.2 Å². The molecule has 4 unspecified atom stereocenters. The zero-order valence-electron chi connectivity index (χ0n) is 11.3. The van der Waals surface area contributed by atoms with Crippen LogP contribution >= 0.6 is 15.9 Å². The van der Waals surface area contributed by atoms with Crippen LogP contribution in [0, 0.1) is 23.6 Å². The maximum atomic E-state index is 13.5. The van der Waals surface area contributed by atoms with E-state index in [2.05, 4.69) is 21.2 Å². The minimum Gasteiger partial charge on any atom is -0.316 e. The van der Waals surface area contributed by atoms with Crippen molar-refractivity contribution in [2.75, 3.05) is 7.05 Å².